The van der Waals surface area contributed by atoms with Crippen LogP contribution in [0, 0.1) is 18.6 Å². The second-order valence-electron chi connectivity index (χ2n) is 3.48. The van der Waals surface area contributed by atoms with Gasteiger partial charge in [0.1, 0.15) is 28.5 Å². The molecule has 0 spiro atoms. The summed E-state index contributed by atoms with van der Waals surface area (Å²) >= 11 is 6.05. The van der Waals surface area contributed by atoms with Crippen molar-refractivity contribution in [2.45, 2.75) is 12.3 Å². The number of rotatable bonds is 2. The van der Waals surface area contributed by atoms with Crippen molar-refractivity contribution in [1.82, 2.24) is 0 Å². The van der Waals surface area contributed by atoms with Crippen molar-refractivity contribution in [1.29, 1.82) is 0 Å². The summed E-state index contributed by atoms with van der Waals surface area (Å²) in [5, 5.41) is -0.741. The van der Waals surface area contributed by atoms with Crippen molar-refractivity contribution >= 4 is 11.6 Å². The first-order chi connectivity index (χ1) is 7.58. The minimum atomic E-state index is -0.741. The average molecular weight is 243 g/mol. The topological polar surface area (TPSA) is 13.1 Å². The van der Waals surface area contributed by atoms with Crippen LogP contribution in [0.2, 0.25) is 0 Å². The lowest BCUT2D eigenvalue weighted by Crippen LogP contribution is -1.96. The molecule has 16 heavy (non-hydrogen) atoms. The van der Waals surface area contributed by atoms with Crippen LogP contribution >= 0.6 is 11.6 Å². The van der Waals surface area contributed by atoms with Crippen LogP contribution in [0.4, 0.5) is 8.78 Å². The van der Waals surface area contributed by atoms with Gasteiger partial charge >= 0.3 is 0 Å². The molecule has 1 aromatic carbocycles. The summed E-state index contributed by atoms with van der Waals surface area (Å²) < 4.78 is 31.4. The molecule has 0 aliphatic carbocycles. The maximum absolute atomic E-state index is 13.4. The number of hydrogen-bond acceptors (Lipinski definition) is 1. The molecule has 0 saturated carbocycles. The van der Waals surface area contributed by atoms with E-state index in [9.17, 15) is 8.78 Å². The molecule has 0 aliphatic rings. The van der Waals surface area contributed by atoms with Gasteiger partial charge in [-0.3, -0.25) is 0 Å². The second kappa shape index (κ2) is 4.26. The molecule has 1 atom stereocenters. The minimum absolute atomic E-state index is 0.206. The average Bonchev–Trinajstić information content (AvgIpc) is 2.64. The predicted octanol–water partition coefficient (Wildman–Crippen LogP) is 4.19. The molecule has 0 radical (unpaired) electrons. The molecular formula is C12H9ClF2O. The van der Waals surface area contributed by atoms with E-state index in [1.807, 2.05) is 0 Å². The Bertz CT molecular complexity index is 507. The van der Waals surface area contributed by atoms with E-state index in [-0.39, 0.29) is 5.56 Å². The highest BCUT2D eigenvalue weighted by Gasteiger charge is 2.18. The van der Waals surface area contributed by atoms with Crippen LogP contribution < -0.4 is 0 Å². The zero-order valence-electron chi connectivity index (χ0n) is 8.51. The molecule has 0 N–H and O–H groups in total. The van der Waals surface area contributed by atoms with Gasteiger partial charge in [-0.25, -0.2) is 8.78 Å². The third-order valence-electron chi connectivity index (χ3n) is 2.25. The summed E-state index contributed by atoms with van der Waals surface area (Å²) in [7, 11) is 0. The number of benzene rings is 1. The molecule has 0 bridgehead atoms. The summed E-state index contributed by atoms with van der Waals surface area (Å²) in [5.74, 6) is -0.150. The smallest absolute Gasteiger partial charge is 0.131 e. The maximum Gasteiger partial charge on any atom is 0.131 e. The summed E-state index contributed by atoms with van der Waals surface area (Å²) in [6.45, 7) is 1.77. The van der Waals surface area contributed by atoms with E-state index in [4.69, 9.17) is 16.0 Å². The Morgan fingerprint density at radius 3 is 2.50 bits per heavy atom. The molecule has 0 saturated heterocycles. The third kappa shape index (κ3) is 2.09. The Kier molecular flexibility index (Phi) is 2.97. The zero-order valence-corrected chi connectivity index (χ0v) is 9.26. The first-order valence-corrected chi connectivity index (χ1v) is 5.17. The van der Waals surface area contributed by atoms with Crippen LogP contribution in [0.25, 0.3) is 0 Å². The largest absolute Gasteiger partial charge is 0.464 e. The molecule has 2 rings (SSSR count). The van der Waals surface area contributed by atoms with E-state index in [0.29, 0.717) is 11.5 Å². The first kappa shape index (κ1) is 11.1. The number of hydrogen-bond donors (Lipinski definition) is 0. The van der Waals surface area contributed by atoms with Gasteiger partial charge in [-0.15, -0.1) is 11.6 Å². The second-order valence-corrected chi connectivity index (χ2v) is 3.91. The molecule has 0 amide bonds. The van der Waals surface area contributed by atoms with E-state index in [1.165, 1.54) is 12.1 Å². The van der Waals surface area contributed by atoms with Crippen LogP contribution in [-0.2, 0) is 0 Å². The highest BCUT2D eigenvalue weighted by molar-refractivity contribution is 6.22. The SMILES string of the molecule is Cc1ccc(C(Cl)c2ccc(F)cc2F)o1. The van der Waals surface area contributed by atoms with Crippen LogP contribution in [0.1, 0.15) is 22.5 Å². The molecule has 1 heterocycles. The van der Waals surface area contributed by atoms with Crippen LogP contribution in [0.5, 0.6) is 0 Å². The predicted molar refractivity (Wildman–Crippen MR) is 57.5 cm³/mol. The van der Waals surface area contributed by atoms with Gasteiger partial charge in [0.2, 0.25) is 0 Å². The van der Waals surface area contributed by atoms with E-state index < -0.39 is 17.0 Å². The van der Waals surface area contributed by atoms with Crippen molar-refractivity contribution in [2.24, 2.45) is 0 Å². The van der Waals surface area contributed by atoms with Gasteiger partial charge in [-0.05, 0) is 25.1 Å². The Balaban J connectivity index is 2.37. The van der Waals surface area contributed by atoms with Crippen molar-refractivity contribution in [2.75, 3.05) is 0 Å². The molecule has 0 aliphatic heterocycles. The zero-order chi connectivity index (χ0) is 11.7. The number of furan rings is 1. The van der Waals surface area contributed by atoms with Crippen molar-refractivity contribution in [3.63, 3.8) is 0 Å². The van der Waals surface area contributed by atoms with Gasteiger partial charge in [-0.2, -0.15) is 0 Å². The molecule has 4 heteroatoms. The molecule has 1 aromatic heterocycles. The molecule has 84 valence electrons. The number of aryl methyl sites for hydroxylation is 1. The highest BCUT2D eigenvalue weighted by atomic mass is 35.5. The Morgan fingerprint density at radius 1 is 1.19 bits per heavy atom. The Hall–Kier alpha value is -1.35. The summed E-state index contributed by atoms with van der Waals surface area (Å²) in [6.07, 6.45) is 0. The fourth-order valence-electron chi connectivity index (χ4n) is 1.45. The van der Waals surface area contributed by atoms with Gasteiger partial charge < -0.3 is 4.42 Å². The molecular weight excluding hydrogens is 234 g/mol. The lowest BCUT2D eigenvalue weighted by molar-refractivity contribution is 0.483. The lowest BCUT2D eigenvalue weighted by Gasteiger charge is -2.08. The van der Waals surface area contributed by atoms with Crippen LogP contribution in [0.15, 0.2) is 34.7 Å². The number of halogens is 3. The molecule has 0 fully saturated rings. The summed E-state index contributed by atoms with van der Waals surface area (Å²) in [5.41, 5.74) is 0.206. The fraction of sp³-hybridized carbons (Fsp3) is 0.167. The fourth-order valence-corrected chi connectivity index (χ4v) is 1.74. The lowest BCUT2D eigenvalue weighted by atomic mass is 10.1. The van der Waals surface area contributed by atoms with Gasteiger partial charge in [0.05, 0.1) is 0 Å². The van der Waals surface area contributed by atoms with Crippen LogP contribution in [0.3, 0.4) is 0 Å². The summed E-state index contributed by atoms with van der Waals surface area (Å²) in [4.78, 5) is 0. The van der Waals surface area contributed by atoms with E-state index in [1.54, 1.807) is 19.1 Å². The first-order valence-electron chi connectivity index (χ1n) is 4.73. The van der Waals surface area contributed by atoms with Crippen LogP contribution in [-0.4, -0.2) is 0 Å². The third-order valence-corrected chi connectivity index (χ3v) is 2.70. The highest BCUT2D eigenvalue weighted by Crippen LogP contribution is 2.31. The van der Waals surface area contributed by atoms with E-state index >= 15 is 0 Å². The Labute approximate surface area is 96.6 Å². The number of alkyl halides is 1. The van der Waals surface area contributed by atoms with E-state index in [2.05, 4.69) is 0 Å². The Morgan fingerprint density at radius 2 is 1.94 bits per heavy atom. The normalized spacial score (nSPS) is 12.8. The maximum atomic E-state index is 13.4. The van der Waals surface area contributed by atoms with Gasteiger partial charge in [0, 0.05) is 11.6 Å². The standard InChI is InChI=1S/C12H9ClF2O/c1-7-2-5-11(16-7)12(13)9-4-3-8(14)6-10(9)15/h2-6,12H,1H3. The van der Waals surface area contributed by atoms with Gasteiger partial charge in [0.15, 0.2) is 0 Å². The molecule has 2 aromatic rings. The molecule has 1 nitrogen and oxygen atoms in total. The van der Waals surface area contributed by atoms with Crippen molar-refractivity contribution in [3.05, 3.63) is 59.1 Å². The van der Waals surface area contributed by atoms with E-state index in [0.717, 1.165) is 6.07 Å². The van der Waals surface area contributed by atoms with Gasteiger partial charge in [-0.1, -0.05) is 6.07 Å². The minimum Gasteiger partial charge on any atom is -0.464 e. The molecule has 1 unspecified atom stereocenters. The monoisotopic (exact) mass is 242 g/mol. The summed E-state index contributed by atoms with van der Waals surface area (Å²) in [6, 6.07) is 6.71. The van der Waals surface area contributed by atoms with Gasteiger partial charge in [0.25, 0.3) is 0 Å². The van der Waals surface area contributed by atoms with Crippen molar-refractivity contribution < 1.29 is 13.2 Å². The van der Waals surface area contributed by atoms with Crippen molar-refractivity contribution in [3.8, 4) is 0 Å². The quantitative estimate of drug-likeness (QED) is 0.720.